The van der Waals surface area contributed by atoms with Crippen LogP contribution in [0.2, 0.25) is 0 Å². The number of rotatable bonds is 7. The van der Waals surface area contributed by atoms with E-state index in [2.05, 4.69) is 5.32 Å². The van der Waals surface area contributed by atoms with E-state index in [-0.39, 0.29) is 24.9 Å². The van der Waals surface area contributed by atoms with Crippen molar-refractivity contribution in [1.82, 2.24) is 9.21 Å². The van der Waals surface area contributed by atoms with Crippen molar-refractivity contribution in [3.8, 4) is 0 Å². The molecule has 0 spiro atoms. The van der Waals surface area contributed by atoms with Crippen LogP contribution in [0.3, 0.4) is 0 Å². The minimum absolute atomic E-state index is 0.0916. The molecule has 176 valence electrons. The topological polar surface area (TPSA) is 90.0 Å². The molecule has 33 heavy (non-hydrogen) atoms. The number of piperidine rings is 1. The van der Waals surface area contributed by atoms with E-state index < -0.39 is 10.0 Å². The Kier molecular flexibility index (Phi) is 7.11. The standard InChI is InChI=1S/C24H30N4O4S/c1-26(17-23(29)25-20-8-4-2-5-9-20)18-24(30)28-15-12-19-16-21(10-11-22(19)28)33(31,32)27-13-6-3-7-14-27/h2,4-5,8-11,16H,3,6-7,12-15,17-18H2,1H3,(H,25,29). The number of benzene rings is 2. The van der Waals surface area contributed by atoms with Crippen LogP contribution in [0, 0.1) is 0 Å². The number of nitrogens with zero attached hydrogens (tertiary/aromatic N) is 3. The van der Waals surface area contributed by atoms with Crippen molar-refractivity contribution in [3.63, 3.8) is 0 Å². The third kappa shape index (κ3) is 5.43. The molecular formula is C24H30N4O4S. The highest BCUT2D eigenvalue weighted by atomic mass is 32.2. The molecule has 1 fully saturated rings. The van der Waals surface area contributed by atoms with Gasteiger partial charge in [0.15, 0.2) is 0 Å². The van der Waals surface area contributed by atoms with Gasteiger partial charge in [-0.05, 0) is 62.2 Å². The maximum atomic E-state index is 13.0. The number of hydrogen-bond acceptors (Lipinski definition) is 5. The lowest BCUT2D eigenvalue weighted by Crippen LogP contribution is -2.40. The summed E-state index contributed by atoms with van der Waals surface area (Å²) in [5.74, 6) is -0.304. The Bertz CT molecular complexity index is 1110. The van der Waals surface area contributed by atoms with Crippen molar-refractivity contribution < 1.29 is 18.0 Å². The Labute approximate surface area is 195 Å². The summed E-state index contributed by atoms with van der Waals surface area (Å²) in [6, 6.07) is 14.2. The summed E-state index contributed by atoms with van der Waals surface area (Å²) in [6.45, 7) is 1.82. The first-order chi connectivity index (χ1) is 15.8. The third-order valence-electron chi connectivity index (χ3n) is 6.08. The normalized spacial score (nSPS) is 16.6. The number of nitrogens with one attached hydrogen (secondary N) is 1. The monoisotopic (exact) mass is 470 g/mol. The van der Waals surface area contributed by atoms with E-state index in [1.54, 1.807) is 39.4 Å². The predicted octanol–water partition coefficient (Wildman–Crippen LogP) is 2.32. The van der Waals surface area contributed by atoms with Crippen molar-refractivity contribution in [3.05, 3.63) is 54.1 Å². The van der Waals surface area contributed by atoms with Crippen LogP contribution in [-0.4, -0.2) is 69.2 Å². The number of carbonyl (C=O) groups excluding carboxylic acids is 2. The Hall–Kier alpha value is -2.75. The number of hydrogen-bond donors (Lipinski definition) is 1. The molecule has 0 aromatic heterocycles. The lowest BCUT2D eigenvalue weighted by molar-refractivity contribution is -0.120. The van der Waals surface area contributed by atoms with E-state index in [1.165, 1.54) is 0 Å². The maximum Gasteiger partial charge on any atom is 0.243 e. The number of likely N-dealkylation sites (N-methyl/N-ethyl adjacent to an activating group) is 1. The van der Waals surface area contributed by atoms with Crippen molar-refractivity contribution in [1.29, 1.82) is 0 Å². The van der Waals surface area contributed by atoms with E-state index >= 15 is 0 Å². The molecule has 4 rings (SSSR count). The summed E-state index contributed by atoms with van der Waals surface area (Å²) in [6.07, 6.45) is 3.46. The molecule has 9 heteroatoms. The molecule has 2 aromatic rings. The molecule has 2 aliphatic heterocycles. The van der Waals surface area contributed by atoms with Gasteiger partial charge in [-0.1, -0.05) is 24.6 Å². The maximum absolute atomic E-state index is 13.0. The second kappa shape index (κ2) is 10.0. The quantitative estimate of drug-likeness (QED) is 0.671. The van der Waals surface area contributed by atoms with Gasteiger partial charge in [-0.3, -0.25) is 14.5 Å². The smallest absolute Gasteiger partial charge is 0.243 e. The summed E-state index contributed by atoms with van der Waals surface area (Å²) in [5.41, 5.74) is 2.33. The van der Waals surface area contributed by atoms with E-state index in [1.807, 2.05) is 30.3 Å². The fraction of sp³-hybridized carbons (Fsp3) is 0.417. The molecule has 0 aliphatic carbocycles. The highest BCUT2D eigenvalue weighted by Gasteiger charge is 2.30. The van der Waals surface area contributed by atoms with Gasteiger partial charge in [0, 0.05) is 31.0 Å². The average Bonchev–Trinajstić information content (AvgIpc) is 3.23. The minimum atomic E-state index is -3.50. The molecule has 0 radical (unpaired) electrons. The first-order valence-corrected chi connectivity index (χ1v) is 12.8. The first kappa shape index (κ1) is 23.4. The van der Waals surface area contributed by atoms with Crippen LogP contribution in [0.1, 0.15) is 24.8 Å². The molecule has 0 bridgehead atoms. The number of fused-ring (bicyclic) bond motifs is 1. The van der Waals surface area contributed by atoms with Gasteiger partial charge in [0.25, 0.3) is 0 Å². The minimum Gasteiger partial charge on any atom is -0.325 e. The van der Waals surface area contributed by atoms with Gasteiger partial charge in [-0.25, -0.2) is 8.42 Å². The first-order valence-electron chi connectivity index (χ1n) is 11.3. The zero-order chi connectivity index (χ0) is 23.4. The SMILES string of the molecule is CN(CC(=O)Nc1ccccc1)CC(=O)N1CCc2cc(S(=O)(=O)N3CCCCC3)ccc21. The second-order valence-electron chi connectivity index (χ2n) is 8.64. The average molecular weight is 471 g/mol. The lowest BCUT2D eigenvalue weighted by atomic mass is 10.2. The van der Waals surface area contributed by atoms with Crippen LogP contribution in [0.25, 0.3) is 0 Å². The van der Waals surface area contributed by atoms with Crippen LogP contribution in [0.5, 0.6) is 0 Å². The van der Waals surface area contributed by atoms with Crippen LogP contribution in [-0.2, 0) is 26.0 Å². The van der Waals surface area contributed by atoms with Crippen molar-refractivity contribution in [2.24, 2.45) is 0 Å². The zero-order valence-electron chi connectivity index (χ0n) is 18.9. The second-order valence-corrected chi connectivity index (χ2v) is 10.6. The van der Waals surface area contributed by atoms with E-state index in [0.29, 0.717) is 36.6 Å². The molecule has 0 saturated carbocycles. The van der Waals surface area contributed by atoms with Gasteiger partial charge in [0.2, 0.25) is 21.8 Å². The summed E-state index contributed by atoms with van der Waals surface area (Å²) in [7, 11) is -1.77. The van der Waals surface area contributed by atoms with Gasteiger partial charge in [-0.2, -0.15) is 4.31 Å². The highest BCUT2D eigenvalue weighted by Crippen LogP contribution is 2.32. The number of sulfonamides is 1. The number of carbonyl (C=O) groups is 2. The van der Waals surface area contributed by atoms with Gasteiger partial charge in [0.1, 0.15) is 0 Å². The van der Waals surface area contributed by atoms with E-state index in [9.17, 15) is 18.0 Å². The number of anilines is 2. The summed E-state index contributed by atoms with van der Waals surface area (Å²) < 4.78 is 27.5. The molecule has 1 saturated heterocycles. The Morgan fingerprint density at radius 1 is 0.970 bits per heavy atom. The molecule has 0 unspecified atom stereocenters. The number of para-hydroxylation sites is 1. The molecular weight excluding hydrogens is 440 g/mol. The van der Waals surface area contributed by atoms with Crippen LogP contribution < -0.4 is 10.2 Å². The predicted molar refractivity (Wildman–Crippen MR) is 128 cm³/mol. The van der Waals surface area contributed by atoms with Crippen molar-refractivity contribution in [2.75, 3.05) is 50.0 Å². The highest BCUT2D eigenvalue weighted by molar-refractivity contribution is 7.89. The molecule has 1 N–H and O–H groups in total. The molecule has 2 aliphatic rings. The van der Waals surface area contributed by atoms with Crippen molar-refractivity contribution >= 4 is 33.2 Å². The van der Waals surface area contributed by atoms with Gasteiger partial charge < -0.3 is 10.2 Å². The molecule has 8 nitrogen and oxygen atoms in total. The fourth-order valence-electron chi connectivity index (χ4n) is 4.39. The Balaban J connectivity index is 1.37. The van der Waals surface area contributed by atoms with E-state index in [0.717, 1.165) is 30.5 Å². The summed E-state index contributed by atoms with van der Waals surface area (Å²) in [5, 5.41) is 2.81. The van der Waals surface area contributed by atoms with Gasteiger partial charge in [0.05, 0.1) is 18.0 Å². The largest absolute Gasteiger partial charge is 0.325 e. The lowest BCUT2D eigenvalue weighted by Gasteiger charge is -2.26. The summed E-state index contributed by atoms with van der Waals surface area (Å²) in [4.78, 5) is 28.8. The fourth-order valence-corrected chi connectivity index (χ4v) is 5.96. The molecule has 2 amide bonds. The molecule has 0 atom stereocenters. The van der Waals surface area contributed by atoms with Crippen LogP contribution in [0.15, 0.2) is 53.4 Å². The van der Waals surface area contributed by atoms with Crippen LogP contribution >= 0.6 is 0 Å². The van der Waals surface area contributed by atoms with Gasteiger partial charge in [-0.15, -0.1) is 0 Å². The molecule has 2 aromatic carbocycles. The Morgan fingerprint density at radius 2 is 1.70 bits per heavy atom. The van der Waals surface area contributed by atoms with E-state index in [4.69, 9.17) is 0 Å². The van der Waals surface area contributed by atoms with Gasteiger partial charge >= 0.3 is 0 Å². The zero-order valence-corrected chi connectivity index (χ0v) is 19.7. The van der Waals surface area contributed by atoms with Crippen molar-refractivity contribution in [2.45, 2.75) is 30.6 Å². The third-order valence-corrected chi connectivity index (χ3v) is 7.97. The van der Waals surface area contributed by atoms with Crippen LogP contribution in [0.4, 0.5) is 11.4 Å². The number of amides is 2. The Morgan fingerprint density at radius 3 is 2.42 bits per heavy atom. The summed E-state index contributed by atoms with van der Waals surface area (Å²) >= 11 is 0. The molecule has 2 heterocycles.